The standard InChI is InChI=1S/C16H34N2O/c1-12(2)10-18(11-13(3)4)16(19)14(5)8-7-9-15(6)17/h12-15H,7-11,17H2,1-6H3. The Bertz CT molecular complexity index is 239. The van der Waals surface area contributed by atoms with Crippen LogP contribution in [0.25, 0.3) is 0 Å². The number of amides is 1. The van der Waals surface area contributed by atoms with Gasteiger partial charge >= 0.3 is 0 Å². The van der Waals surface area contributed by atoms with Gasteiger partial charge in [0.2, 0.25) is 5.91 Å². The Morgan fingerprint density at radius 1 is 0.947 bits per heavy atom. The van der Waals surface area contributed by atoms with Gasteiger partial charge in [0.25, 0.3) is 0 Å². The molecule has 2 atom stereocenters. The highest BCUT2D eigenvalue weighted by Crippen LogP contribution is 2.15. The average molecular weight is 270 g/mol. The monoisotopic (exact) mass is 270 g/mol. The van der Waals surface area contributed by atoms with E-state index >= 15 is 0 Å². The van der Waals surface area contributed by atoms with Crippen molar-refractivity contribution >= 4 is 5.91 Å². The van der Waals surface area contributed by atoms with Crippen molar-refractivity contribution in [3.8, 4) is 0 Å². The van der Waals surface area contributed by atoms with Crippen LogP contribution in [0.4, 0.5) is 0 Å². The molecule has 0 radical (unpaired) electrons. The molecule has 0 saturated carbocycles. The van der Waals surface area contributed by atoms with Gasteiger partial charge in [0.15, 0.2) is 0 Å². The van der Waals surface area contributed by atoms with Crippen molar-refractivity contribution in [3.05, 3.63) is 0 Å². The average Bonchev–Trinajstić information content (AvgIpc) is 2.25. The van der Waals surface area contributed by atoms with E-state index in [0.717, 1.165) is 32.4 Å². The fourth-order valence-corrected chi connectivity index (χ4v) is 2.32. The first-order chi connectivity index (χ1) is 8.73. The Morgan fingerprint density at radius 2 is 1.42 bits per heavy atom. The van der Waals surface area contributed by atoms with Crippen LogP contribution < -0.4 is 5.73 Å². The van der Waals surface area contributed by atoms with Gasteiger partial charge in [-0.1, -0.05) is 41.0 Å². The zero-order chi connectivity index (χ0) is 15.0. The minimum absolute atomic E-state index is 0.122. The van der Waals surface area contributed by atoms with Crippen molar-refractivity contribution in [3.63, 3.8) is 0 Å². The Morgan fingerprint density at radius 3 is 1.79 bits per heavy atom. The predicted octanol–water partition coefficient (Wildman–Crippen LogP) is 3.28. The van der Waals surface area contributed by atoms with E-state index in [4.69, 9.17) is 5.73 Å². The summed E-state index contributed by atoms with van der Waals surface area (Å²) < 4.78 is 0. The minimum atomic E-state index is 0.122. The van der Waals surface area contributed by atoms with Gasteiger partial charge in [-0.3, -0.25) is 4.79 Å². The molecular weight excluding hydrogens is 236 g/mol. The zero-order valence-corrected chi connectivity index (χ0v) is 13.8. The second-order valence-corrected chi connectivity index (χ2v) is 6.84. The van der Waals surface area contributed by atoms with Crippen LogP contribution in [0.1, 0.15) is 60.8 Å². The highest BCUT2D eigenvalue weighted by Gasteiger charge is 2.21. The molecule has 19 heavy (non-hydrogen) atoms. The maximum absolute atomic E-state index is 12.5. The molecule has 2 N–H and O–H groups in total. The quantitative estimate of drug-likeness (QED) is 0.699. The summed E-state index contributed by atoms with van der Waals surface area (Å²) in [6.07, 6.45) is 3.00. The predicted molar refractivity (Wildman–Crippen MR) is 82.9 cm³/mol. The van der Waals surface area contributed by atoms with Crippen LogP contribution in [0.2, 0.25) is 0 Å². The summed E-state index contributed by atoms with van der Waals surface area (Å²) in [6.45, 7) is 14.5. The molecule has 0 aromatic rings. The molecule has 0 aliphatic rings. The molecule has 0 rings (SSSR count). The van der Waals surface area contributed by atoms with Crippen molar-refractivity contribution < 1.29 is 4.79 Å². The van der Waals surface area contributed by atoms with Gasteiger partial charge in [0.05, 0.1) is 0 Å². The molecule has 3 heteroatoms. The third-order valence-electron chi connectivity index (χ3n) is 3.20. The molecule has 0 aromatic carbocycles. The summed E-state index contributed by atoms with van der Waals surface area (Å²) in [5, 5.41) is 0. The van der Waals surface area contributed by atoms with Crippen LogP contribution in [0, 0.1) is 17.8 Å². The summed E-state index contributed by atoms with van der Waals surface area (Å²) in [4.78, 5) is 14.5. The number of hydrogen-bond acceptors (Lipinski definition) is 2. The van der Waals surface area contributed by atoms with E-state index in [1.165, 1.54) is 0 Å². The van der Waals surface area contributed by atoms with E-state index in [0.29, 0.717) is 17.7 Å². The van der Waals surface area contributed by atoms with Crippen molar-refractivity contribution in [2.75, 3.05) is 13.1 Å². The van der Waals surface area contributed by atoms with E-state index in [1.54, 1.807) is 0 Å². The second kappa shape index (κ2) is 9.35. The summed E-state index contributed by atoms with van der Waals surface area (Å²) in [5.41, 5.74) is 5.75. The highest BCUT2D eigenvalue weighted by atomic mass is 16.2. The van der Waals surface area contributed by atoms with E-state index in [2.05, 4.69) is 34.6 Å². The van der Waals surface area contributed by atoms with Gasteiger partial charge in [0, 0.05) is 25.0 Å². The van der Waals surface area contributed by atoms with Gasteiger partial charge < -0.3 is 10.6 Å². The van der Waals surface area contributed by atoms with Crippen LogP contribution in [0.5, 0.6) is 0 Å². The van der Waals surface area contributed by atoms with Crippen LogP contribution in [-0.4, -0.2) is 29.9 Å². The van der Waals surface area contributed by atoms with Crippen LogP contribution in [0.15, 0.2) is 0 Å². The third-order valence-corrected chi connectivity index (χ3v) is 3.20. The topological polar surface area (TPSA) is 46.3 Å². The normalized spacial score (nSPS) is 14.8. The number of rotatable bonds is 9. The number of carbonyl (C=O) groups is 1. The lowest BCUT2D eigenvalue weighted by molar-refractivity contribution is -0.136. The van der Waals surface area contributed by atoms with E-state index in [1.807, 2.05) is 11.8 Å². The van der Waals surface area contributed by atoms with Gasteiger partial charge in [-0.15, -0.1) is 0 Å². The summed E-state index contributed by atoms with van der Waals surface area (Å²) >= 11 is 0. The first kappa shape index (κ1) is 18.4. The first-order valence-electron chi connectivity index (χ1n) is 7.78. The van der Waals surface area contributed by atoms with Crippen molar-refractivity contribution in [1.82, 2.24) is 4.90 Å². The Balaban J connectivity index is 4.34. The van der Waals surface area contributed by atoms with Crippen molar-refractivity contribution in [1.29, 1.82) is 0 Å². The second-order valence-electron chi connectivity index (χ2n) is 6.84. The van der Waals surface area contributed by atoms with E-state index in [9.17, 15) is 4.79 Å². The number of nitrogens with two attached hydrogens (primary N) is 1. The van der Waals surface area contributed by atoms with Crippen molar-refractivity contribution in [2.45, 2.75) is 66.8 Å². The smallest absolute Gasteiger partial charge is 0.225 e. The number of carbonyl (C=O) groups excluding carboxylic acids is 1. The Kier molecular flexibility index (Phi) is 9.07. The van der Waals surface area contributed by atoms with Crippen molar-refractivity contribution in [2.24, 2.45) is 23.5 Å². The molecular formula is C16H34N2O. The molecule has 0 aromatic heterocycles. The van der Waals surface area contributed by atoms with Crippen LogP contribution in [-0.2, 0) is 4.79 Å². The fourth-order valence-electron chi connectivity index (χ4n) is 2.32. The molecule has 0 aliphatic heterocycles. The maximum Gasteiger partial charge on any atom is 0.225 e. The van der Waals surface area contributed by atoms with Crippen LogP contribution >= 0.6 is 0 Å². The number of nitrogens with zero attached hydrogens (tertiary/aromatic N) is 1. The summed E-state index contributed by atoms with van der Waals surface area (Å²) in [5.74, 6) is 1.49. The summed E-state index contributed by atoms with van der Waals surface area (Å²) in [6, 6.07) is 0.240. The molecule has 0 fully saturated rings. The van der Waals surface area contributed by atoms with Gasteiger partial charge in [-0.05, 0) is 31.6 Å². The first-order valence-corrected chi connectivity index (χ1v) is 7.78. The maximum atomic E-state index is 12.5. The van der Waals surface area contributed by atoms with Gasteiger partial charge in [0.1, 0.15) is 0 Å². The summed E-state index contributed by atoms with van der Waals surface area (Å²) in [7, 11) is 0. The molecule has 0 spiro atoms. The zero-order valence-electron chi connectivity index (χ0n) is 13.8. The molecule has 0 heterocycles. The Labute approximate surface area is 119 Å². The molecule has 3 nitrogen and oxygen atoms in total. The number of hydrogen-bond donors (Lipinski definition) is 1. The highest BCUT2D eigenvalue weighted by molar-refractivity contribution is 5.78. The molecule has 0 aliphatic carbocycles. The molecule has 2 unspecified atom stereocenters. The lowest BCUT2D eigenvalue weighted by Crippen LogP contribution is -2.40. The van der Waals surface area contributed by atoms with Crippen LogP contribution in [0.3, 0.4) is 0 Å². The SMILES string of the molecule is CC(C)CN(CC(C)C)C(=O)C(C)CCCC(C)N. The lowest BCUT2D eigenvalue weighted by atomic mass is 9.99. The van der Waals surface area contributed by atoms with Gasteiger partial charge in [-0.25, -0.2) is 0 Å². The molecule has 114 valence electrons. The van der Waals surface area contributed by atoms with E-state index < -0.39 is 0 Å². The molecule has 0 saturated heterocycles. The van der Waals surface area contributed by atoms with E-state index in [-0.39, 0.29) is 12.0 Å². The fraction of sp³-hybridized carbons (Fsp3) is 0.938. The molecule has 1 amide bonds. The Hall–Kier alpha value is -0.570. The third kappa shape index (κ3) is 9.04. The molecule has 0 bridgehead atoms. The minimum Gasteiger partial charge on any atom is -0.342 e. The lowest BCUT2D eigenvalue weighted by Gasteiger charge is -2.29. The largest absolute Gasteiger partial charge is 0.342 e. The van der Waals surface area contributed by atoms with Gasteiger partial charge in [-0.2, -0.15) is 0 Å².